The Labute approximate surface area is 117 Å². The van der Waals surface area contributed by atoms with Crippen LogP contribution in [0.5, 0.6) is 0 Å². The van der Waals surface area contributed by atoms with Crippen molar-refractivity contribution in [2.24, 2.45) is 0 Å². The quantitative estimate of drug-likeness (QED) is 0.867. The Hall–Kier alpha value is -1.49. The second-order valence-electron chi connectivity index (χ2n) is 4.57. The molecule has 0 heterocycles. The summed E-state index contributed by atoms with van der Waals surface area (Å²) in [6.45, 7) is 4.60. The van der Waals surface area contributed by atoms with Gasteiger partial charge in [0, 0.05) is 13.6 Å². The third-order valence-electron chi connectivity index (χ3n) is 2.79. The minimum Gasteiger partial charge on any atom is -0.481 e. The lowest BCUT2D eigenvalue weighted by atomic mass is 10.1. The first-order chi connectivity index (χ1) is 8.90. The van der Waals surface area contributed by atoms with Gasteiger partial charge in [-0.1, -0.05) is 23.8 Å². The molecule has 0 aromatic heterocycles. The van der Waals surface area contributed by atoms with Crippen molar-refractivity contribution in [2.75, 3.05) is 18.6 Å². The van der Waals surface area contributed by atoms with E-state index in [1.165, 1.54) is 5.56 Å². The van der Waals surface area contributed by atoms with E-state index in [4.69, 9.17) is 5.11 Å². The van der Waals surface area contributed by atoms with Crippen molar-refractivity contribution in [3.8, 4) is 0 Å². The average molecular weight is 281 g/mol. The van der Waals surface area contributed by atoms with Gasteiger partial charge in [-0.05, 0) is 25.0 Å². The van der Waals surface area contributed by atoms with Crippen LogP contribution in [0.2, 0.25) is 0 Å². The maximum atomic E-state index is 11.8. The van der Waals surface area contributed by atoms with E-state index in [1.54, 1.807) is 11.9 Å². The van der Waals surface area contributed by atoms with E-state index in [-0.39, 0.29) is 17.4 Å². The summed E-state index contributed by atoms with van der Waals surface area (Å²) in [7, 11) is 1.74. The standard InChI is InChI=1S/C14H19NO3S/c1-10-4-5-11(2)12(6-10)7-15(3)13(16)8-19-9-14(17)18/h4-6H,7-9H2,1-3H3,(H,17,18). The summed E-state index contributed by atoms with van der Waals surface area (Å²) < 4.78 is 0. The maximum absolute atomic E-state index is 11.8. The molecule has 1 aromatic rings. The molecule has 5 heteroatoms. The summed E-state index contributed by atoms with van der Waals surface area (Å²) >= 11 is 1.12. The molecule has 1 amide bonds. The van der Waals surface area contributed by atoms with Crippen LogP contribution >= 0.6 is 11.8 Å². The zero-order valence-corrected chi connectivity index (χ0v) is 12.3. The summed E-state index contributed by atoms with van der Waals surface area (Å²) in [6.07, 6.45) is 0. The predicted octanol–water partition coefficient (Wildman–Crippen LogP) is 2.08. The Morgan fingerprint density at radius 1 is 1.26 bits per heavy atom. The van der Waals surface area contributed by atoms with Crippen LogP contribution in [0.1, 0.15) is 16.7 Å². The number of thioether (sulfide) groups is 1. The van der Waals surface area contributed by atoms with E-state index < -0.39 is 5.97 Å². The van der Waals surface area contributed by atoms with Gasteiger partial charge >= 0.3 is 5.97 Å². The van der Waals surface area contributed by atoms with Crippen molar-refractivity contribution < 1.29 is 14.7 Å². The van der Waals surface area contributed by atoms with Crippen LogP contribution in [0.25, 0.3) is 0 Å². The highest BCUT2D eigenvalue weighted by Gasteiger charge is 2.11. The Kier molecular flexibility index (Phi) is 5.89. The number of carbonyl (C=O) groups excluding carboxylic acids is 1. The van der Waals surface area contributed by atoms with Gasteiger partial charge in [-0.3, -0.25) is 9.59 Å². The van der Waals surface area contributed by atoms with E-state index >= 15 is 0 Å². The fourth-order valence-corrected chi connectivity index (χ4v) is 2.32. The number of benzene rings is 1. The molecule has 0 saturated carbocycles. The molecule has 104 valence electrons. The number of aliphatic carboxylic acids is 1. The van der Waals surface area contributed by atoms with Gasteiger partial charge in [0.25, 0.3) is 0 Å². The molecule has 0 unspecified atom stereocenters. The molecule has 4 nitrogen and oxygen atoms in total. The number of carboxylic acids is 1. The SMILES string of the molecule is Cc1ccc(C)c(CN(C)C(=O)CSCC(=O)O)c1. The van der Waals surface area contributed by atoms with Gasteiger partial charge in [0.15, 0.2) is 0 Å². The molecule has 0 bridgehead atoms. The topological polar surface area (TPSA) is 57.6 Å². The summed E-state index contributed by atoms with van der Waals surface area (Å²) in [5.41, 5.74) is 3.45. The van der Waals surface area contributed by atoms with E-state index in [1.807, 2.05) is 26.0 Å². The van der Waals surface area contributed by atoms with Crippen molar-refractivity contribution in [1.82, 2.24) is 4.90 Å². The number of hydrogen-bond donors (Lipinski definition) is 1. The number of hydrogen-bond acceptors (Lipinski definition) is 3. The van der Waals surface area contributed by atoms with Crippen LogP contribution < -0.4 is 0 Å². The first kappa shape index (κ1) is 15.6. The zero-order chi connectivity index (χ0) is 14.4. The lowest BCUT2D eigenvalue weighted by molar-refractivity contribution is -0.133. The van der Waals surface area contributed by atoms with Gasteiger partial charge in [-0.25, -0.2) is 0 Å². The van der Waals surface area contributed by atoms with Crippen LogP contribution in [0.3, 0.4) is 0 Å². The molecule has 1 rings (SSSR count). The molecule has 0 aliphatic rings. The largest absolute Gasteiger partial charge is 0.481 e. The molecule has 1 aromatic carbocycles. The normalized spacial score (nSPS) is 10.3. The summed E-state index contributed by atoms with van der Waals surface area (Å²) in [5, 5.41) is 8.52. The van der Waals surface area contributed by atoms with Gasteiger partial charge in [0.05, 0.1) is 11.5 Å². The van der Waals surface area contributed by atoms with E-state index in [0.717, 1.165) is 22.9 Å². The number of amides is 1. The molecule has 0 aliphatic heterocycles. The maximum Gasteiger partial charge on any atom is 0.313 e. The number of nitrogens with zero attached hydrogens (tertiary/aromatic N) is 1. The second-order valence-corrected chi connectivity index (χ2v) is 5.55. The number of aryl methyl sites for hydroxylation is 2. The Balaban J connectivity index is 2.53. The molecule has 0 fully saturated rings. The molecule has 1 N–H and O–H groups in total. The van der Waals surface area contributed by atoms with Gasteiger partial charge in [0.1, 0.15) is 0 Å². The Bertz CT molecular complexity index is 474. The van der Waals surface area contributed by atoms with E-state index in [0.29, 0.717) is 6.54 Å². The van der Waals surface area contributed by atoms with Gasteiger partial charge in [-0.15, -0.1) is 11.8 Å². The fraction of sp³-hybridized carbons (Fsp3) is 0.429. The minimum atomic E-state index is -0.894. The molecule has 0 aliphatic carbocycles. The predicted molar refractivity (Wildman–Crippen MR) is 77.4 cm³/mol. The van der Waals surface area contributed by atoms with Crippen LogP contribution in [-0.2, 0) is 16.1 Å². The molecular weight excluding hydrogens is 262 g/mol. The zero-order valence-electron chi connectivity index (χ0n) is 11.5. The lowest BCUT2D eigenvalue weighted by Crippen LogP contribution is -2.28. The van der Waals surface area contributed by atoms with Gasteiger partial charge in [-0.2, -0.15) is 0 Å². The molecule has 0 spiro atoms. The number of carboxylic acid groups (broad SMARTS) is 1. The minimum absolute atomic E-state index is 0.0386. The molecule has 0 radical (unpaired) electrons. The third kappa shape index (κ3) is 5.34. The van der Waals surface area contributed by atoms with E-state index in [9.17, 15) is 9.59 Å². The molecular formula is C14H19NO3S. The molecule has 0 atom stereocenters. The molecule has 0 saturated heterocycles. The lowest BCUT2D eigenvalue weighted by Gasteiger charge is -2.18. The van der Waals surface area contributed by atoms with Crippen molar-refractivity contribution in [2.45, 2.75) is 20.4 Å². The van der Waals surface area contributed by atoms with Crippen LogP contribution in [0.15, 0.2) is 18.2 Å². The fourth-order valence-electron chi connectivity index (χ4n) is 1.65. The Morgan fingerprint density at radius 2 is 1.95 bits per heavy atom. The summed E-state index contributed by atoms with van der Waals surface area (Å²) in [5.74, 6) is -0.779. The van der Waals surface area contributed by atoms with E-state index in [2.05, 4.69) is 6.07 Å². The van der Waals surface area contributed by atoms with Gasteiger partial charge in [0.2, 0.25) is 5.91 Å². The first-order valence-corrected chi connectivity index (χ1v) is 7.15. The molecule has 19 heavy (non-hydrogen) atoms. The summed E-state index contributed by atoms with van der Waals surface area (Å²) in [6, 6.07) is 6.16. The van der Waals surface area contributed by atoms with Crippen molar-refractivity contribution in [3.63, 3.8) is 0 Å². The monoisotopic (exact) mass is 281 g/mol. The first-order valence-electron chi connectivity index (χ1n) is 5.99. The van der Waals surface area contributed by atoms with Crippen molar-refractivity contribution >= 4 is 23.6 Å². The Morgan fingerprint density at radius 3 is 2.58 bits per heavy atom. The highest BCUT2D eigenvalue weighted by atomic mass is 32.2. The van der Waals surface area contributed by atoms with Crippen molar-refractivity contribution in [3.05, 3.63) is 34.9 Å². The smallest absolute Gasteiger partial charge is 0.313 e. The third-order valence-corrected chi connectivity index (χ3v) is 3.69. The second kappa shape index (κ2) is 7.19. The van der Waals surface area contributed by atoms with Gasteiger partial charge < -0.3 is 10.0 Å². The van der Waals surface area contributed by atoms with Crippen LogP contribution in [0, 0.1) is 13.8 Å². The highest BCUT2D eigenvalue weighted by molar-refractivity contribution is 8.00. The van der Waals surface area contributed by atoms with Crippen molar-refractivity contribution in [1.29, 1.82) is 0 Å². The highest BCUT2D eigenvalue weighted by Crippen LogP contribution is 2.13. The average Bonchev–Trinajstić information content (AvgIpc) is 2.33. The van der Waals surface area contributed by atoms with Crippen LogP contribution in [0.4, 0.5) is 0 Å². The summed E-state index contributed by atoms with van der Waals surface area (Å²) in [4.78, 5) is 23.9. The van der Waals surface area contributed by atoms with Crippen LogP contribution in [-0.4, -0.2) is 40.4 Å². The number of carbonyl (C=O) groups is 2. The number of rotatable bonds is 6.